The Balaban J connectivity index is 1.61. The summed E-state index contributed by atoms with van der Waals surface area (Å²) in [5, 5.41) is 13.2. The van der Waals surface area contributed by atoms with E-state index in [1.54, 1.807) is 36.5 Å². The average Bonchev–Trinajstić information content (AvgIpc) is 2.87. The van der Waals surface area contributed by atoms with Crippen LogP contribution in [0.2, 0.25) is 0 Å². The summed E-state index contributed by atoms with van der Waals surface area (Å²) in [6.07, 6.45) is 1.53. The summed E-state index contributed by atoms with van der Waals surface area (Å²) in [5.41, 5.74) is 0.703. The minimum Gasteiger partial charge on any atom is -0.481 e. The Hall–Kier alpha value is -4.26. The van der Waals surface area contributed by atoms with Crippen molar-refractivity contribution in [2.45, 2.75) is 39.2 Å². The Morgan fingerprint density at radius 1 is 0.946 bits per heavy atom. The fourth-order valence-electron chi connectivity index (χ4n) is 4.55. The molecule has 0 radical (unpaired) electrons. The van der Waals surface area contributed by atoms with Gasteiger partial charge in [0, 0.05) is 18.8 Å². The number of aromatic nitrogens is 2. The summed E-state index contributed by atoms with van der Waals surface area (Å²) >= 11 is 0. The zero-order chi connectivity index (χ0) is 26.5. The fourth-order valence-corrected chi connectivity index (χ4v) is 4.55. The molecule has 4 aromatic rings. The highest BCUT2D eigenvalue weighted by Gasteiger charge is 2.48. The number of carbonyl (C=O) groups is 1. The first-order chi connectivity index (χ1) is 17.7. The summed E-state index contributed by atoms with van der Waals surface area (Å²) in [5.74, 6) is 0.396. The number of rotatable bonds is 9. The van der Waals surface area contributed by atoms with Gasteiger partial charge in [0.2, 0.25) is 5.88 Å². The molecular weight excluding hydrogens is 469 g/mol. The summed E-state index contributed by atoms with van der Waals surface area (Å²) in [4.78, 5) is 21.1. The normalized spacial score (nSPS) is 13.0. The molecule has 37 heavy (non-hydrogen) atoms. The van der Waals surface area contributed by atoms with Gasteiger partial charge in [-0.2, -0.15) is 0 Å². The zero-order valence-electron chi connectivity index (χ0n) is 21.1. The van der Waals surface area contributed by atoms with Crippen LogP contribution in [0.25, 0.3) is 0 Å². The maximum atomic E-state index is 13.7. The van der Waals surface area contributed by atoms with E-state index in [1.165, 1.54) is 12.1 Å². The number of nitrogens with one attached hydrogen (secondary N) is 1. The van der Waals surface area contributed by atoms with Crippen molar-refractivity contribution in [3.05, 3.63) is 114 Å². The lowest BCUT2D eigenvalue weighted by Crippen LogP contribution is -2.44. The van der Waals surface area contributed by atoms with Crippen molar-refractivity contribution in [1.29, 1.82) is 0 Å². The highest BCUT2D eigenvalue weighted by atomic mass is 19.1. The number of halogens is 1. The lowest BCUT2D eigenvalue weighted by atomic mass is 9.59. The quantitative estimate of drug-likeness (QED) is 0.263. The minimum absolute atomic E-state index is 0.212. The van der Waals surface area contributed by atoms with Crippen molar-refractivity contribution >= 4 is 11.8 Å². The second kappa shape index (κ2) is 10.8. The second-order valence-electron chi connectivity index (χ2n) is 9.91. The predicted octanol–water partition coefficient (Wildman–Crippen LogP) is 6.83. The van der Waals surface area contributed by atoms with Crippen LogP contribution in [0.4, 0.5) is 10.2 Å². The third-order valence-corrected chi connectivity index (χ3v) is 6.48. The molecule has 0 saturated heterocycles. The molecule has 0 aliphatic heterocycles. The van der Waals surface area contributed by atoms with Crippen LogP contribution in [0, 0.1) is 11.2 Å². The van der Waals surface area contributed by atoms with E-state index in [-0.39, 0.29) is 12.2 Å². The van der Waals surface area contributed by atoms with Gasteiger partial charge in [0.25, 0.3) is 0 Å². The molecule has 190 valence electrons. The largest absolute Gasteiger partial charge is 0.481 e. The van der Waals surface area contributed by atoms with Crippen molar-refractivity contribution < 1.29 is 19.0 Å². The molecule has 0 bridgehead atoms. The number of hydrogen-bond donors (Lipinski definition) is 2. The first-order valence-electron chi connectivity index (χ1n) is 12.0. The van der Waals surface area contributed by atoms with E-state index in [0.717, 1.165) is 11.4 Å². The molecule has 0 spiro atoms. The van der Waals surface area contributed by atoms with Gasteiger partial charge < -0.3 is 15.2 Å². The number of nitrogens with zero attached hydrogens (tertiary/aromatic N) is 2. The molecule has 2 aromatic carbocycles. The Labute approximate surface area is 216 Å². The van der Waals surface area contributed by atoms with Gasteiger partial charge in [-0.1, -0.05) is 57.2 Å². The van der Waals surface area contributed by atoms with Gasteiger partial charge in [-0.05, 0) is 59.0 Å². The molecule has 2 aromatic heterocycles. The second-order valence-corrected chi connectivity index (χ2v) is 9.91. The average molecular weight is 500 g/mol. The van der Waals surface area contributed by atoms with Crippen molar-refractivity contribution in [1.82, 2.24) is 9.97 Å². The van der Waals surface area contributed by atoms with E-state index in [4.69, 9.17) is 9.72 Å². The van der Waals surface area contributed by atoms with Crippen LogP contribution in [-0.2, 0) is 16.8 Å². The monoisotopic (exact) mass is 499 g/mol. The van der Waals surface area contributed by atoms with Gasteiger partial charge in [-0.15, -0.1) is 0 Å². The molecular formula is C30H30FN3O3. The summed E-state index contributed by atoms with van der Waals surface area (Å²) in [6, 6.07) is 24.6. The molecule has 6 nitrogen and oxygen atoms in total. The van der Waals surface area contributed by atoms with E-state index >= 15 is 0 Å². The number of benzene rings is 2. The summed E-state index contributed by atoms with van der Waals surface area (Å²) in [6.45, 7) is 6.51. The lowest BCUT2D eigenvalue weighted by molar-refractivity contribution is -0.139. The van der Waals surface area contributed by atoms with Gasteiger partial charge in [-0.3, -0.25) is 4.79 Å². The topological polar surface area (TPSA) is 84.3 Å². The highest BCUT2D eigenvalue weighted by molar-refractivity contribution is 5.71. The molecule has 2 heterocycles. The third kappa shape index (κ3) is 5.94. The predicted molar refractivity (Wildman–Crippen MR) is 141 cm³/mol. The fraction of sp³-hybridized carbons (Fsp3) is 0.233. The number of carboxylic acid groups (broad SMARTS) is 1. The van der Waals surface area contributed by atoms with E-state index < -0.39 is 16.8 Å². The Kier molecular flexibility index (Phi) is 7.53. The number of anilines is 1. The third-order valence-electron chi connectivity index (χ3n) is 6.48. The molecule has 0 saturated carbocycles. The highest BCUT2D eigenvalue weighted by Crippen LogP contribution is 2.49. The Bertz CT molecular complexity index is 1340. The SMILES string of the molecule is CC(C)(C)C(CC(=O)O)(c1ccc(F)cc1)c1cccc(Oc2ccc(CNc3ccccn3)cc2)n1. The molecule has 2 N–H and O–H groups in total. The van der Waals surface area contributed by atoms with Crippen molar-refractivity contribution in [2.24, 2.45) is 5.41 Å². The minimum atomic E-state index is -1.02. The molecule has 4 rings (SSSR count). The van der Waals surface area contributed by atoms with Crippen LogP contribution in [0.3, 0.4) is 0 Å². The van der Waals surface area contributed by atoms with Crippen LogP contribution < -0.4 is 10.1 Å². The molecule has 0 amide bonds. The molecule has 0 fully saturated rings. The first kappa shape index (κ1) is 25.8. The van der Waals surface area contributed by atoms with Gasteiger partial charge >= 0.3 is 5.97 Å². The van der Waals surface area contributed by atoms with E-state index in [2.05, 4.69) is 10.3 Å². The smallest absolute Gasteiger partial charge is 0.304 e. The molecule has 1 atom stereocenters. The Morgan fingerprint density at radius 3 is 2.30 bits per heavy atom. The molecule has 1 unspecified atom stereocenters. The molecule has 7 heteroatoms. The van der Waals surface area contributed by atoms with Crippen LogP contribution in [0.15, 0.2) is 91.1 Å². The van der Waals surface area contributed by atoms with Gasteiger partial charge in [-0.25, -0.2) is 14.4 Å². The maximum absolute atomic E-state index is 13.7. The number of carboxylic acids is 1. The summed E-state index contributed by atoms with van der Waals surface area (Å²) < 4.78 is 19.8. The zero-order valence-corrected chi connectivity index (χ0v) is 21.1. The van der Waals surface area contributed by atoms with E-state index in [0.29, 0.717) is 29.4 Å². The van der Waals surface area contributed by atoms with Crippen LogP contribution in [-0.4, -0.2) is 21.0 Å². The van der Waals surface area contributed by atoms with Crippen LogP contribution >= 0.6 is 0 Å². The number of pyridine rings is 2. The number of aliphatic carboxylic acids is 1. The van der Waals surface area contributed by atoms with Crippen LogP contribution in [0.5, 0.6) is 11.6 Å². The molecule has 0 aliphatic rings. The standard InChI is InChI=1S/C30H30FN3O3/c1-29(2,3)30(19-28(35)36,22-12-14-23(31)15-13-22)25-7-6-9-27(34-25)37-24-16-10-21(11-17-24)20-33-26-8-4-5-18-32-26/h4-18H,19-20H2,1-3H3,(H,32,33)(H,35,36). The van der Waals surface area contributed by atoms with E-state index in [9.17, 15) is 14.3 Å². The lowest BCUT2D eigenvalue weighted by Gasteiger charge is -2.44. The van der Waals surface area contributed by atoms with Gasteiger partial charge in [0.15, 0.2) is 0 Å². The molecule has 0 aliphatic carbocycles. The van der Waals surface area contributed by atoms with Crippen LogP contribution in [0.1, 0.15) is 44.0 Å². The number of hydrogen-bond acceptors (Lipinski definition) is 5. The summed E-state index contributed by atoms with van der Waals surface area (Å²) in [7, 11) is 0. The van der Waals surface area contributed by atoms with Crippen molar-refractivity contribution in [2.75, 3.05) is 5.32 Å². The number of ether oxygens (including phenoxy) is 1. The van der Waals surface area contributed by atoms with E-state index in [1.807, 2.05) is 63.2 Å². The first-order valence-corrected chi connectivity index (χ1v) is 12.0. The van der Waals surface area contributed by atoms with Gasteiger partial charge in [0.05, 0.1) is 17.5 Å². The van der Waals surface area contributed by atoms with Crippen molar-refractivity contribution in [3.63, 3.8) is 0 Å². The Morgan fingerprint density at radius 2 is 1.68 bits per heavy atom. The van der Waals surface area contributed by atoms with Gasteiger partial charge in [0.1, 0.15) is 17.4 Å². The van der Waals surface area contributed by atoms with Crippen molar-refractivity contribution in [3.8, 4) is 11.6 Å². The maximum Gasteiger partial charge on any atom is 0.304 e.